The lowest BCUT2D eigenvalue weighted by Gasteiger charge is -2.32. The van der Waals surface area contributed by atoms with Crippen LogP contribution in [-0.2, 0) is 9.31 Å². The number of rotatable bonds is 2. The van der Waals surface area contributed by atoms with Crippen molar-refractivity contribution in [1.29, 1.82) is 0 Å². The summed E-state index contributed by atoms with van der Waals surface area (Å²) in [5.41, 5.74) is 2.23. The van der Waals surface area contributed by atoms with E-state index in [2.05, 4.69) is 70.2 Å². The van der Waals surface area contributed by atoms with Gasteiger partial charge in [0.15, 0.2) is 0 Å². The Hall–Kier alpha value is -2.56. The fraction of sp³-hybridized carbons (Fsp3) is 0.250. The van der Waals surface area contributed by atoms with Crippen LogP contribution in [-0.4, -0.2) is 18.3 Å². The zero-order chi connectivity index (χ0) is 19.5. The van der Waals surface area contributed by atoms with Crippen LogP contribution in [0.1, 0.15) is 27.7 Å². The van der Waals surface area contributed by atoms with Crippen LogP contribution in [0, 0.1) is 0 Å². The molecule has 0 amide bonds. The van der Waals surface area contributed by atoms with E-state index in [1.807, 2.05) is 24.3 Å². The van der Waals surface area contributed by atoms with Gasteiger partial charge in [-0.05, 0) is 56.1 Å². The highest BCUT2D eigenvalue weighted by atomic mass is 16.7. The lowest BCUT2D eigenvalue weighted by atomic mass is 9.75. The highest BCUT2D eigenvalue weighted by Gasteiger charge is 2.52. The predicted molar refractivity (Wildman–Crippen MR) is 115 cm³/mol. The summed E-state index contributed by atoms with van der Waals surface area (Å²) in [6.45, 7) is 8.33. The Bertz CT molecular complexity index is 1160. The lowest BCUT2D eigenvalue weighted by Crippen LogP contribution is -2.41. The molecule has 0 N–H and O–H groups in total. The average molecular weight is 370 g/mol. The van der Waals surface area contributed by atoms with E-state index in [1.54, 1.807) is 0 Å². The molecule has 1 aromatic heterocycles. The van der Waals surface area contributed by atoms with E-state index < -0.39 is 7.12 Å². The summed E-state index contributed by atoms with van der Waals surface area (Å²) in [4.78, 5) is 0. The van der Waals surface area contributed by atoms with Gasteiger partial charge in [-0.15, -0.1) is 0 Å². The summed E-state index contributed by atoms with van der Waals surface area (Å²) >= 11 is 0. The summed E-state index contributed by atoms with van der Waals surface area (Å²) < 4.78 is 18.9. The average Bonchev–Trinajstić information content (AvgIpc) is 3.20. The molecule has 140 valence electrons. The van der Waals surface area contributed by atoms with Gasteiger partial charge in [-0.3, -0.25) is 0 Å². The van der Waals surface area contributed by atoms with Crippen molar-refractivity contribution in [3.8, 4) is 11.3 Å². The fourth-order valence-electron chi connectivity index (χ4n) is 3.84. The minimum absolute atomic E-state index is 0.376. The van der Waals surface area contributed by atoms with Gasteiger partial charge in [0.1, 0.15) is 11.3 Å². The second-order valence-corrected chi connectivity index (χ2v) is 8.49. The number of hydrogen-bond donors (Lipinski definition) is 0. The largest absolute Gasteiger partial charge is 0.495 e. The van der Waals surface area contributed by atoms with Crippen molar-refractivity contribution in [2.24, 2.45) is 0 Å². The van der Waals surface area contributed by atoms with E-state index in [0.717, 1.165) is 38.5 Å². The highest BCUT2D eigenvalue weighted by molar-refractivity contribution is 6.66. The first-order valence-electron chi connectivity index (χ1n) is 9.72. The van der Waals surface area contributed by atoms with Crippen molar-refractivity contribution in [3.05, 3.63) is 66.7 Å². The molecule has 4 aromatic rings. The number of hydrogen-bond acceptors (Lipinski definition) is 3. The number of furan rings is 1. The molecule has 0 saturated carbocycles. The third kappa shape index (κ3) is 2.60. The van der Waals surface area contributed by atoms with E-state index in [9.17, 15) is 0 Å². The smallest absolute Gasteiger partial charge is 0.456 e. The quantitative estimate of drug-likeness (QED) is 0.434. The summed E-state index contributed by atoms with van der Waals surface area (Å²) in [5.74, 6) is 0.867. The first-order chi connectivity index (χ1) is 13.4. The van der Waals surface area contributed by atoms with Gasteiger partial charge in [-0.2, -0.15) is 0 Å². The third-order valence-electron chi connectivity index (χ3n) is 6.14. The topological polar surface area (TPSA) is 31.6 Å². The standard InChI is InChI=1S/C24H23BO3/c1-23(2)24(3,4)28-25(27-23)19-12-8-11-17-13-14-20-18(22(17)19)15-21(26-20)16-9-6-5-7-10-16/h5-15H,1-4H3. The summed E-state index contributed by atoms with van der Waals surface area (Å²) in [5, 5.41) is 3.37. The van der Waals surface area contributed by atoms with Gasteiger partial charge >= 0.3 is 7.12 Å². The second-order valence-electron chi connectivity index (χ2n) is 8.49. The summed E-state index contributed by atoms with van der Waals surface area (Å²) in [7, 11) is -0.408. The van der Waals surface area contributed by atoms with Gasteiger partial charge in [0.2, 0.25) is 0 Å². The molecule has 0 spiro atoms. The molecular weight excluding hydrogens is 347 g/mol. The maximum absolute atomic E-state index is 6.35. The third-order valence-corrected chi connectivity index (χ3v) is 6.14. The van der Waals surface area contributed by atoms with Crippen molar-refractivity contribution in [2.45, 2.75) is 38.9 Å². The molecule has 0 unspecified atom stereocenters. The van der Waals surface area contributed by atoms with Crippen LogP contribution in [0.3, 0.4) is 0 Å². The maximum atomic E-state index is 6.35. The van der Waals surface area contributed by atoms with Crippen LogP contribution in [0.25, 0.3) is 33.1 Å². The predicted octanol–water partition coefficient (Wildman–Crippen LogP) is 5.55. The molecule has 2 heterocycles. The molecule has 0 atom stereocenters. The van der Waals surface area contributed by atoms with E-state index >= 15 is 0 Å². The Morgan fingerprint density at radius 2 is 1.46 bits per heavy atom. The molecule has 3 nitrogen and oxygen atoms in total. The van der Waals surface area contributed by atoms with Crippen molar-refractivity contribution in [1.82, 2.24) is 0 Å². The molecule has 1 saturated heterocycles. The Morgan fingerprint density at radius 1 is 0.750 bits per heavy atom. The van der Waals surface area contributed by atoms with Crippen molar-refractivity contribution in [2.75, 3.05) is 0 Å². The van der Waals surface area contributed by atoms with Gasteiger partial charge in [-0.25, -0.2) is 0 Å². The van der Waals surface area contributed by atoms with Crippen LogP contribution in [0.4, 0.5) is 0 Å². The van der Waals surface area contributed by atoms with Gasteiger partial charge in [0, 0.05) is 10.9 Å². The first-order valence-corrected chi connectivity index (χ1v) is 9.72. The zero-order valence-electron chi connectivity index (χ0n) is 16.7. The van der Waals surface area contributed by atoms with Gasteiger partial charge < -0.3 is 13.7 Å². The second kappa shape index (κ2) is 5.97. The summed E-state index contributed by atoms with van der Waals surface area (Å²) in [6, 6.07) is 22.7. The molecule has 1 fully saturated rings. The zero-order valence-corrected chi connectivity index (χ0v) is 16.7. The first kappa shape index (κ1) is 17.5. The van der Waals surface area contributed by atoms with Crippen molar-refractivity contribution >= 4 is 34.3 Å². The Labute approximate surface area is 165 Å². The van der Waals surface area contributed by atoms with Crippen molar-refractivity contribution < 1.29 is 13.7 Å². The van der Waals surface area contributed by atoms with Crippen molar-refractivity contribution in [3.63, 3.8) is 0 Å². The maximum Gasteiger partial charge on any atom is 0.495 e. The van der Waals surface area contributed by atoms with Gasteiger partial charge in [0.05, 0.1) is 11.2 Å². The molecule has 1 aliphatic heterocycles. The molecule has 1 aliphatic rings. The Balaban J connectivity index is 1.72. The van der Waals surface area contributed by atoms with Gasteiger partial charge in [0.25, 0.3) is 0 Å². The molecule has 28 heavy (non-hydrogen) atoms. The normalized spacial score (nSPS) is 18.2. The fourth-order valence-corrected chi connectivity index (χ4v) is 3.84. The Kier molecular flexibility index (Phi) is 3.74. The van der Waals surface area contributed by atoms with Gasteiger partial charge in [-0.1, -0.05) is 54.6 Å². The number of fused-ring (bicyclic) bond motifs is 3. The minimum Gasteiger partial charge on any atom is -0.456 e. The van der Waals surface area contributed by atoms with Crippen LogP contribution in [0.15, 0.2) is 71.1 Å². The van der Waals surface area contributed by atoms with Crippen LogP contribution >= 0.6 is 0 Å². The molecule has 5 rings (SSSR count). The molecule has 4 heteroatoms. The van der Waals surface area contributed by atoms with E-state index in [0.29, 0.717) is 0 Å². The number of benzene rings is 3. The summed E-state index contributed by atoms with van der Waals surface area (Å²) in [6.07, 6.45) is 0. The van der Waals surface area contributed by atoms with E-state index in [-0.39, 0.29) is 11.2 Å². The van der Waals surface area contributed by atoms with E-state index in [4.69, 9.17) is 13.7 Å². The highest BCUT2D eigenvalue weighted by Crippen LogP contribution is 2.38. The van der Waals surface area contributed by atoms with Crippen LogP contribution in [0.5, 0.6) is 0 Å². The monoisotopic (exact) mass is 370 g/mol. The molecular formula is C24H23BO3. The Morgan fingerprint density at radius 3 is 2.18 bits per heavy atom. The molecule has 0 aliphatic carbocycles. The van der Waals surface area contributed by atoms with Crippen LogP contribution < -0.4 is 5.46 Å². The molecule has 3 aromatic carbocycles. The van der Waals surface area contributed by atoms with E-state index in [1.165, 1.54) is 0 Å². The lowest BCUT2D eigenvalue weighted by molar-refractivity contribution is 0.00578. The van der Waals surface area contributed by atoms with Crippen LogP contribution in [0.2, 0.25) is 0 Å². The molecule has 0 bridgehead atoms. The minimum atomic E-state index is -0.408. The SMILES string of the molecule is CC1(C)OB(c2cccc3ccc4oc(-c5ccccc5)cc4c23)OC1(C)C. The molecule has 0 radical (unpaired) electrons.